The lowest BCUT2D eigenvalue weighted by molar-refractivity contribution is -0.140. The summed E-state index contributed by atoms with van der Waals surface area (Å²) in [6, 6.07) is 7.42. The number of amides is 2. The molecule has 2 heterocycles. The first-order valence-corrected chi connectivity index (χ1v) is 12.3. The van der Waals surface area contributed by atoms with Gasteiger partial charge in [0, 0.05) is 64.1 Å². The average Bonchev–Trinajstić information content (AvgIpc) is 3.18. The Morgan fingerprint density at radius 3 is 2.36 bits per heavy atom. The smallest absolute Gasteiger partial charge is 0.305 e. The maximum absolute atomic E-state index is 13.0. The Labute approximate surface area is 212 Å². The van der Waals surface area contributed by atoms with Crippen molar-refractivity contribution in [1.82, 2.24) is 24.9 Å². The fraction of sp³-hybridized carbons (Fsp3) is 0.538. The first-order valence-electron chi connectivity index (χ1n) is 12.3. The predicted molar refractivity (Wildman–Crippen MR) is 135 cm³/mol. The molecule has 0 spiro atoms. The van der Waals surface area contributed by atoms with Crippen LogP contribution >= 0.6 is 0 Å². The SMILES string of the molecule is COCCCNC(=O)CN1CCN(C(=O)c2ccc(-n3nc(C)c(CCC(=O)OC)c3C)cc2)CC1. The molecule has 0 unspecified atom stereocenters. The Morgan fingerprint density at radius 2 is 1.72 bits per heavy atom. The van der Waals surface area contributed by atoms with Crippen LogP contribution in [0.2, 0.25) is 0 Å². The minimum absolute atomic E-state index is 0.000858. The Hall–Kier alpha value is -3.24. The van der Waals surface area contributed by atoms with E-state index >= 15 is 0 Å². The van der Waals surface area contributed by atoms with Gasteiger partial charge >= 0.3 is 5.97 Å². The van der Waals surface area contributed by atoms with Crippen LogP contribution in [0.1, 0.15) is 40.2 Å². The van der Waals surface area contributed by atoms with Gasteiger partial charge in [0.05, 0.1) is 25.0 Å². The van der Waals surface area contributed by atoms with Crippen LogP contribution in [0.5, 0.6) is 0 Å². The van der Waals surface area contributed by atoms with Gasteiger partial charge < -0.3 is 19.7 Å². The van der Waals surface area contributed by atoms with E-state index in [1.807, 2.05) is 47.7 Å². The number of benzene rings is 1. The van der Waals surface area contributed by atoms with E-state index in [0.29, 0.717) is 64.3 Å². The predicted octanol–water partition coefficient (Wildman–Crippen LogP) is 1.51. The monoisotopic (exact) mass is 499 g/mol. The molecular weight excluding hydrogens is 462 g/mol. The van der Waals surface area contributed by atoms with Crippen molar-refractivity contribution >= 4 is 17.8 Å². The zero-order valence-corrected chi connectivity index (χ0v) is 21.7. The lowest BCUT2D eigenvalue weighted by Crippen LogP contribution is -2.51. The summed E-state index contributed by atoms with van der Waals surface area (Å²) < 4.78 is 11.6. The third-order valence-corrected chi connectivity index (χ3v) is 6.48. The lowest BCUT2D eigenvalue weighted by Gasteiger charge is -2.34. The minimum atomic E-state index is -0.244. The number of carbonyl (C=O) groups is 3. The normalized spacial score (nSPS) is 14.1. The Kier molecular flexibility index (Phi) is 10.0. The largest absolute Gasteiger partial charge is 0.469 e. The van der Waals surface area contributed by atoms with Gasteiger partial charge in [0.1, 0.15) is 0 Å². The Balaban J connectivity index is 1.53. The van der Waals surface area contributed by atoms with Gasteiger partial charge in [-0.15, -0.1) is 0 Å². The molecule has 1 aromatic heterocycles. The summed E-state index contributed by atoms with van der Waals surface area (Å²) >= 11 is 0. The fourth-order valence-electron chi connectivity index (χ4n) is 4.36. The standard InChI is InChI=1S/C26H37N5O5/c1-19-23(10-11-25(33)36-4)20(2)31(28-19)22-8-6-21(7-9-22)26(34)30-15-13-29(14-16-30)18-24(32)27-12-5-17-35-3/h6-9H,5,10-18H2,1-4H3,(H,27,32). The van der Waals surface area contributed by atoms with Crippen molar-refractivity contribution in [3.05, 3.63) is 46.8 Å². The quantitative estimate of drug-likeness (QED) is 0.369. The van der Waals surface area contributed by atoms with E-state index in [9.17, 15) is 14.4 Å². The van der Waals surface area contributed by atoms with Crippen molar-refractivity contribution in [2.75, 3.05) is 60.1 Å². The molecule has 0 atom stereocenters. The number of nitrogens with zero attached hydrogens (tertiary/aromatic N) is 4. The molecule has 3 rings (SSSR count). The topological polar surface area (TPSA) is 106 Å². The number of piperazine rings is 1. The molecule has 1 saturated heterocycles. The van der Waals surface area contributed by atoms with E-state index in [1.165, 1.54) is 7.11 Å². The van der Waals surface area contributed by atoms with Gasteiger partial charge in [-0.1, -0.05) is 0 Å². The number of aryl methyl sites for hydroxylation is 1. The first-order chi connectivity index (χ1) is 17.3. The number of hydrogen-bond acceptors (Lipinski definition) is 7. The number of esters is 1. The summed E-state index contributed by atoms with van der Waals surface area (Å²) in [7, 11) is 3.03. The highest BCUT2D eigenvalue weighted by molar-refractivity contribution is 5.94. The van der Waals surface area contributed by atoms with Gasteiger partial charge in [0.25, 0.3) is 5.91 Å². The molecule has 10 heteroatoms. The second-order valence-corrected chi connectivity index (χ2v) is 8.95. The molecule has 1 aromatic carbocycles. The molecule has 196 valence electrons. The maximum Gasteiger partial charge on any atom is 0.305 e. The molecule has 1 N–H and O–H groups in total. The van der Waals surface area contributed by atoms with Crippen LogP contribution in [-0.2, 0) is 25.5 Å². The third kappa shape index (κ3) is 7.14. The average molecular weight is 500 g/mol. The Morgan fingerprint density at radius 1 is 1.03 bits per heavy atom. The van der Waals surface area contributed by atoms with Crippen LogP contribution in [0.25, 0.3) is 5.69 Å². The summed E-state index contributed by atoms with van der Waals surface area (Å²) in [5, 5.41) is 7.53. The summed E-state index contributed by atoms with van der Waals surface area (Å²) in [5.41, 5.74) is 4.35. The summed E-state index contributed by atoms with van der Waals surface area (Å²) in [6.45, 7) is 7.97. The second-order valence-electron chi connectivity index (χ2n) is 8.95. The molecule has 1 fully saturated rings. The van der Waals surface area contributed by atoms with Gasteiger partial charge in [-0.25, -0.2) is 4.68 Å². The molecule has 0 radical (unpaired) electrons. The number of nitrogens with one attached hydrogen (secondary N) is 1. The van der Waals surface area contributed by atoms with Crippen molar-refractivity contribution in [1.29, 1.82) is 0 Å². The highest BCUT2D eigenvalue weighted by Gasteiger charge is 2.23. The third-order valence-electron chi connectivity index (χ3n) is 6.48. The van der Waals surface area contributed by atoms with E-state index < -0.39 is 0 Å². The molecule has 10 nitrogen and oxygen atoms in total. The minimum Gasteiger partial charge on any atom is -0.469 e. The summed E-state index contributed by atoms with van der Waals surface area (Å²) in [4.78, 5) is 40.5. The number of ether oxygens (including phenoxy) is 2. The molecule has 2 amide bonds. The molecule has 0 aliphatic carbocycles. The Bertz CT molecular complexity index is 1040. The molecular formula is C26H37N5O5. The zero-order chi connectivity index (χ0) is 26.1. The fourth-order valence-corrected chi connectivity index (χ4v) is 4.36. The van der Waals surface area contributed by atoms with Crippen LogP contribution in [0.3, 0.4) is 0 Å². The van der Waals surface area contributed by atoms with E-state index in [-0.39, 0.29) is 17.8 Å². The van der Waals surface area contributed by atoms with Crippen molar-refractivity contribution < 1.29 is 23.9 Å². The highest BCUT2D eigenvalue weighted by Crippen LogP contribution is 2.20. The summed E-state index contributed by atoms with van der Waals surface area (Å²) in [5.74, 6) is -0.261. The second kappa shape index (κ2) is 13.2. The van der Waals surface area contributed by atoms with Crippen molar-refractivity contribution in [3.8, 4) is 5.69 Å². The van der Waals surface area contributed by atoms with E-state index in [0.717, 1.165) is 29.1 Å². The lowest BCUT2D eigenvalue weighted by atomic mass is 10.1. The van der Waals surface area contributed by atoms with Gasteiger partial charge in [0.2, 0.25) is 5.91 Å². The van der Waals surface area contributed by atoms with Crippen LogP contribution < -0.4 is 5.32 Å². The number of methoxy groups -OCH3 is 2. The number of carbonyl (C=O) groups excluding carboxylic acids is 3. The van der Waals surface area contributed by atoms with Gasteiger partial charge in [-0.2, -0.15) is 5.10 Å². The molecule has 36 heavy (non-hydrogen) atoms. The maximum atomic E-state index is 13.0. The van der Waals surface area contributed by atoms with Gasteiger partial charge in [-0.3, -0.25) is 19.3 Å². The summed E-state index contributed by atoms with van der Waals surface area (Å²) in [6.07, 6.45) is 1.67. The van der Waals surface area contributed by atoms with Crippen LogP contribution in [0.15, 0.2) is 24.3 Å². The van der Waals surface area contributed by atoms with E-state index in [1.54, 1.807) is 7.11 Å². The van der Waals surface area contributed by atoms with Crippen LogP contribution in [0, 0.1) is 13.8 Å². The number of rotatable bonds is 11. The van der Waals surface area contributed by atoms with Gasteiger partial charge in [-0.05, 0) is 56.5 Å². The zero-order valence-electron chi connectivity index (χ0n) is 21.7. The number of aromatic nitrogens is 2. The van der Waals surface area contributed by atoms with Crippen molar-refractivity contribution in [2.24, 2.45) is 0 Å². The molecule has 0 saturated carbocycles. The highest BCUT2D eigenvalue weighted by atomic mass is 16.5. The molecule has 2 aromatic rings. The van der Waals surface area contributed by atoms with Crippen LogP contribution in [0.4, 0.5) is 0 Å². The molecule has 1 aliphatic heterocycles. The van der Waals surface area contributed by atoms with E-state index in [2.05, 4.69) is 15.3 Å². The van der Waals surface area contributed by atoms with Gasteiger partial charge in [0.15, 0.2) is 0 Å². The van der Waals surface area contributed by atoms with Crippen LogP contribution in [-0.4, -0.2) is 97.5 Å². The van der Waals surface area contributed by atoms with Crippen molar-refractivity contribution in [2.45, 2.75) is 33.1 Å². The molecule has 0 bridgehead atoms. The molecule has 1 aliphatic rings. The van der Waals surface area contributed by atoms with Crippen molar-refractivity contribution in [3.63, 3.8) is 0 Å². The first kappa shape index (κ1) is 27.3. The number of hydrogen-bond donors (Lipinski definition) is 1. The van der Waals surface area contributed by atoms with E-state index in [4.69, 9.17) is 9.47 Å².